The molecule has 0 N–H and O–H groups in total. The van der Waals surface area contributed by atoms with Crippen molar-refractivity contribution in [2.24, 2.45) is 0 Å². The second kappa shape index (κ2) is 9.95. The molecule has 0 aromatic heterocycles. The molecular formula is C26H38. The molecule has 0 heterocycles. The minimum atomic E-state index is 0.617. The molecule has 2 atom stereocenters. The predicted octanol–water partition coefficient (Wildman–Crippen LogP) is 8.40. The standard InChI is InChI=1S/C26H38/c1-7-22(26-17-13-24(14-18-26)20(4)5)10-8-9-21(6)25-15-11-23(12-16-25)19(2)3/h11-22H,7-10H2,1-6H3. The molecule has 0 aliphatic rings. The number of hydrogen-bond donors (Lipinski definition) is 0. The van der Waals surface area contributed by atoms with Crippen molar-refractivity contribution in [2.45, 2.75) is 90.9 Å². The van der Waals surface area contributed by atoms with Crippen molar-refractivity contribution in [2.75, 3.05) is 0 Å². The van der Waals surface area contributed by atoms with Crippen molar-refractivity contribution in [1.82, 2.24) is 0 Å². The maximum atomic E-state index is 2.38. The second-order valence-corrected chi connectivity index (χ2v) is 8.58. The van der Waals surface area contributed by atoms with Crippen LogP contribution in [0.5, 0.6) is 0 Å². The molecule has 0 heteroatoms. The van der Waals surface area contributed by atoms with Gasteiger partial charge in [0.1, 0.15) is 0 Å². The van der Waals surface area contributed by atoms with E-state index < -0.39 is 0 Å². The fraction of sp³-hybridized carbons (Fsp3) is 0.538. The van der Waals surface area contributed by atoms with Crippen LogP contribution in [0.1, 0.15) is 113 Å². The van der Waals surface area contributed by atoms with Crippen LogP contribution < -0.4 is 0 Å². The number of rotatable bonds is 9. The van der Waals surface area contributed by atoms with Crippen LogP contribution in [0, 0.1) is 0 Å². The molecule has 2 aromatic rings. The molecule has 0 saturated heterocycles. The SMILES string of the molecule is CCC(CCCC(C)c1ccc(C(C)C)cc1)c1ccc(C(C)C)cc1. The van der Waals surface area contributed by atoms with Crippen LogP contribution in [0.15, 0.2) is 48.5 Å². The Labute approximate surface area is 162 Å². The van der Waals surface area contributed by atoms with Crippen molar-refractivity contribution in [3.63, 3.8) is 0 Å². The zero-order valence-corrected chi connectivity index (χ0v) is 17.8. The highest BCUT2D eigenvalue weighted by molar-refractivity contribution is 5.28. The Morgan fingerprint density at radius 3 is 1.42 bits per heavy atom. The molecular weight excluding hydrogens is 312 g/mol. The lowest BCUT2D eigenvalue weighted by molar-refractivity contribution is 0.529. The van der Waals surface area contributed by atoms with E-state index >= 15 is 0 Å². The predicted molar refractivity (Wildman–Crippen MR) is 116 cm³/mol. The molecule has 0 nitrogen and oxygen atoms in total. The summed E-state index contributed by atoms with van der Waals surface area (Å²) in [5.74, 6) is 2.59. The van der Waals surface area contributed by atoms with Crippen LogP contribution in [0.2, 0.25) is 0 Å². The van der Waals surface area contributed by atoms with Gasteiger partial charge < -0.3 is 0 Å². The molecule has 0 aliphatic carbocycles. The van der Waals surface area contributed by atoms with Gasteiger partial charge >= 0.3 is 0 Å². The van der Waals surface area contributed by atoms with Crippen molar-refractivity contribution in [3.05, 3.63) is 70.8 Å². The molecule has 26 heavy (non-hydrogen) atoms. The summed E-state index contributed by atoms with van der Waals surface area (Å²) in [5, 5.41) is 0. The van der Waals surface area contributed by atoms with E-state index in [4.69, 9.17) is 0 Å². The first-order chi connectivity index (χ1) is 12.4. The van der Waals surface area contributed by atoms with E-state index in [2.05, 4.69) is 90.1 Å². The molecule has 0 bridgehead atoms. The van der Waals surface area contributed by atoms with Gasteiger partial charge in [0.2, 0.25) is 0 Å². The topological polar surface area (TPSA) is 0 Å². The lowest BCUT2D eigenvalue weighted by atomic mass is 9.87. The van der Waals surface area contributed by atoms with Crippen molar-refractivity contribution in [1.29, 1.82) is 0 Å². The first kappa shape index (κ1) is 20.7. The maximum absolute atomic E-state index is 2.38. The second-order valence-electron chi connectivity index (χ2n) is 8.58. The van der Waals surface area contributed by atoms with Gasteiger partial charge in [-0.25, -0.2) is 0 Å². The fourth-order valence-corrected chi connectivity index (χ4v) is 3.81. The van der Waals surface area contributed by atoms with Gasteiger partial charge in [-0.1, -0.05) is 96.5 Å². The molecule has 0 radical (unpaired) electrons. The third-order valence-electron chi connectivity index (χ3n) is 5.93. The molecule has 2 rings (SSSR count). The highest BCUT2D eigenvalue weighted by atomic mass is 14.2. The summed E-state index contributed by atoms with van der Waals surface area (Å²) in [5.41, 5.74) is 5.90. The van der Waals surface area contributed by atoms with Gasteiger partial charge in [0.05, 0.1) is 0 Å². The average Bonchev–Trinajstić information content (AvgIpc) is 2.65. The van der Waals surface area contributed by atoms with Crippen LogP contribution >= 0.6 is 0 Å². The first-order valence-corrected chi connectivity index (χ1v) is 10.6. The van der Waals surface area contributed by atoms with Gasteiger partial charge in [-0.15, -0.1) is 0 Å². The van der Waals surface area contributed by atoms with E-state index in [1.54, 1.807) is 0 Å². The van der Waals surface area contributed by atoms with Crippen LogP contribution in [0.25, 0.3) is 0 Å². The summed E-state index contributed by atoms with van der Waals surface area (Å²) in [7, 11) is 0. The van der Waals surface area contributed by atoms with Crippen molar-refractivity contribution in [3.8, 4) is 0 Å². The van der Waals surface area contributed by atoms with Crippen molar-refractivity contribution < 1.29 is 0 Å². The minimum Gasteiger partial charge on any atom is -0.0648 e. The summed E-state index contributed by atoms with van der Waals surface area (Å²) in [6, 6.07) is 18.6. The van der Waals surface area contributed by atoms with E-state index in [1.165, 1.54) is 47.9 Å². The van der Waals surface area contributed by atoms with Crippen LogP contribution in [-0.2, 0) is 0 Å². The van der Waals surface area contributed by atoms with E-state index in [9.17, 15) is 0 Å². The molecule has 0 spiro atoms. The van der Waals surface area contributed by atoms with Gasteiger partial charge in [-0.05, 0) is 65.2 Å². The summed E-state index contributed by atoms with van der Waals surface area (Å²) >= 11 is 0. The Kier molecular flexibility index (Phi) is 7.94. The smallest absolute Gasteiger partial charge is 0.0165 e. The zero-order valence-electron chi connectivity index (χ0n) is 17.8. The van der Waals surface area contributed by atoms with Gasteiger partial charge in [-0.2, -0.15) is 0 Å². The Morgan fingerprint density at radius 2 is 1.00 bits per heavy atom. The molecule has 0 aliphatic heterocycles. The number of hydrogen-bond acceptors (Lipinski definition) is 0. The highest BCUT2D eigenvalue weighted by Crippen LogP contribution is 2.30. The highest BCUT2D eigenvalue weighted by Gasteiger charge is 2.12. The lowest BCUT2D eigenvalue weighted by Crippen LogP contribution is -2.01. The molecule has 0 saturated carbocycles. The largest absolute Gasteiger partial charge is 0.0648 e. The van der Waals surface area contributed by atoms with Crippen LogP contribution in [0.4, 0.5) is 0 Å². The summed E-state index contributed by atoms with van der Waals surface area (Å²) in [6.07, 6.45) is 5.11. The zero-order chi connectivity index (χ0) is 19.1. The van der Waals surface area contributed by atoms with E-state index in [1.807, 2.05) is 0 Å². The average molecular weight is 351 g/mol. The van der Waals surface area contributed by atoms with Gasteiger partial charge in [-0.3, -0.25) is 0 Å². The molecule has 142 valence electrons. The lowest BCUT2D eigenvalue weighted by Gasteiger charge is -2.18. The summed E-state index contributed by atoms with van der Waals surface area (Å²) in [4.78, 5) is 0. The van der Waals surface area contributed by atoms with Crippen LogP contribution in [-0.4, -0.2) is 0 Å². The third-order valence-corrected chi connectivity index (χ3v) is 5.93. The number of benzene rings is 2. The quantitative estimate of drug-likeness (QED) is 0.426. The van der Waals surface area contributed by atoms with Crippen molar-refractivity contribution >= 4 is 0 Å². The normalized spacial score (nSPS) is 14.0. The maximum Gasteiger partial charge on any atom is -0.0165 e. The Bertz CT molecular complexity index is 631. The molecule has 0 amide bonds. The molecule has 2 aromatic carbocycles. The van der Waals surface area contributed by atoms with E-state index in [0.717, 1.165) is 0 Å². The molecule has 0 fully saturated rings. The monoisotopic (exact) mass is 350 g/mol. The first-order valence-electron chi connectivity index (χ1n) is 10.6. The Morgan fingerprint density at radius 1 is 0.577 bits per heavy atom. The Balaban J connectivity index is 1.87. The fourth-order valence-electron chi connectivity index (χ4n) is 3.81. The van der Waals surface area contributed by atoms with Crippen LogP contribution in [0.3, 0.4) is 0 Å². The van der Waals surface area contributed by atoms with E-state index in [-0.39, 0.29) is 0 Å². The van der Waals surface area contributed by atoms with Gasteiger partial charge in [0.25, 0.3) is 0 Å². The minimum absolute atomic E-state index is 0.617. The van der Waals surface area contributed by atoms with Gasteiger partial charge in [0, 0.05) is 0 Å². The summed E-state index contributed by atoms with van der Waals surface area (Å²) in [6.45, 7) is 13.8. The third kappa shape index (κ3) is 5.73. The van der Waals surface area contributed by atoms with Gasteiger partial charge in [0.15, 0.2) is 0 Å². The summed E-state index contributed by atoms with van der Waals surface area (Å²) < 4.78 is 0. The van der Waals surface area contributed by atoms with E-state index in [0.29, 0.717) is 23.7 Å². The Hall–Kier alpha value is -1.56. The molecule has 2 unspecified atom stereocenters.